The number of rotatable bonds is 5. The van der Waals surface area contributed by atoms with Crippen LogP contribution in [0, 0.1) is 5.92 Å². The molecule has 4 rings (SSSR count). The van der Waals surface area contributed by atoms with Crippen LogP contribution in [0.4, 0.5) is 0 Å². The summed E-state index contributed by atoms with van der Waals surface area (Å²) in [6.07, 6.45) is 9.46. The number of carbonyl (C=O) groups is 2. The highest BCUT2D eigenvalue weighted by atomic mass is 16.2. The van der Waals surface area contributed by atoms with E-state index in [9.17, 15) is 9.59 Å². The third-order valence-corrected chi connectivity index (χ3v) is 7.24. The molecule has 0 spiro atoms. The van der Waals surface area contributed by atoms with Crippen LogP contribution in [-0.4, -0.2) is 47.8 Å². The lowest BCUT2D eigenvalue weighted by atomic mass is 9.81. The van der Waals surface area contributed by atoms with Gasteiger partial charge in [0.25, 0.3) is 0 Å². The summed E-state index contributed by atoms with van der Waals surface area (Å²) in [6, 6.07) is 21.0. The molecule has 1 saturated carbocycles. The van der Waals surface area contributed by atoms with Crippen molar-refractivity contribution in [3.8, 4) is 0 Å². The van der Waals surface area contributed by atoms with Crippen LogP contribution in [0.25, 0.3) is 6.08 Å². The molecular formula is C28H34N2O2. The van der Waals surface area contributed by atoms with E-state index in [0.717, 1.165) is 44.1 Å². The number of piperidine rings is 1. The maximum atomic E-state index is 13.1. The van der Waals surface area contributed by atoms with Gasteiger partial charge in [-0.25, -0.2) is 0 Å². The lowest BCUT2D eigenvalue weighted by Gasteiger charge is -2.38. The molecule has 2 amide bonds. The first-order valence-corrected chi connectivity index (χ1v) is 12.0. The second-order valence-corrected chi connectivity index (χ2v) is 9.21. The minimum Gasteiger partial charge on any atom is -0.343 e. The molecule has 2 fully saturated rings. The van der Waals surface area contributed by atoms with Crippen molar-refractivity contribution in [3.63, 3.8) is 0 Å². The smallest absolute Gasteiger partial charge is 0.246 e. The summed E-state index contributed by atoms with van der Waals surface area (Å²) >= 11 is 0. The van der Waals surface area contributed by atoms with Crippen LogP contribution >= 0.6 is 0 Å². The van der Waals surface area contributed by atoms with Crippen molar-refractivity contribution in [3.05, 3.63) is 77.9 Å². The summed E-state index contributed by atoms with van der Waals surface area (Å²) < 4.78 is 0. The molecule has 1 aliphatic heterocycles. The van der Waals surface area contributed by atoms with Crippen molar-refractivity contribution in [2.45, 2.75) is 50.5 Å². The first kappa shape index (κ1) is 22.3. The van der Waals surface area contributed by atoms with Crippen molar-refractivity contribution in [1.82, 2.24) is 9.80 Å². The Morgan fingerprint density at radius 3 is 2.06 bits per heavy atom. The topological polar surface area (TPSA) is 40.6 Å². The van der Waals surface area contributed by atoms with E-state index in [2.05, 4.69) is 30.3 Å². The van der Waals surface area contributed by atoms with Crippen LogP contribution in [-0.2, 0) is 9.59 Å². The van der Waals surface area contributed by atoms with E-state index in [1.165, 1.54) is 5.56 Å². The minimum absolute atomic E-state index is 0.0346. The lowest BCUT2D eigenvalue weighted by Crippen LogP contribution is -2.46. The lowest BCUT2D eigenvalue weighted by molar-refractivity contribution is -0.140. The Kier molecular flexibility index (Phi) is 7.41. The van der Waals surface area contributed by atoms with Gasteiger partial charge < -0.3 is 9.80 Å². The molecule has 2 aliphatic rings. The standard InChI is InChI=1S/C28H34N2O2/c1-29(26-15-13-24(14-16-26)23-10-6-3-7-11-23)28(32)25-18-20-30(21-19-25)27(31)17-12-22-8-4-2-5-9-22/h2-12,17,24-26H,13-16,18-21H2,1H3/b17-12+. The van der Waals surface area contributed by atoms with Gasteiger partial charge >= 0.3 is 0 Å². The quantitative estimate of drug-likeness (QED) is 0.618. The fourth-order valence-electron chi connectivity index (χ4n) is 5.17. The van der Waals surface area contributed by atoms with Gasteiger partial charge in [0.2, 0.25) is 11.8 Å². The molecule has 0 N–H and O–H groups in total. The van der Waals surface area contributed by atoms with E-state index in [4.69, 9.17) is 0 Å². The average molecular weight is 431 g/mol. The Bertz CT molecular complexity index is 909. The van der Waals surface area contributed by atoms with E-state index >= 15 is 0 Å². The van der Waals surface area contributed by atoms with Crippen molar-refractivity contribution >= 4 is 17.9 Å². The normalized spacial score (nSPS) is 22.1. The second-order valence-electron chi connectivity index (χ2n) is 9.21. The predicted octanol–water partition coefficient (Wildman–Crippen LogP) is 5.12. The largest absolute Gasteiger partial charge is 0.343 e. The highest BCUT2D eigenvalue weighted by Crippen LogP contribution is 2.35. The van der Waals surface area contributed by atoms with E-state index in [1.807, 2.05) is 53.3 Å². The van der Waals surface area contributed by atoms with E-state index in [-0.39, 0.29) is 17.7 Å². The van der Waals surface area contributed by atoms with E-state index in [0.29, 0.717) is 25.0 Å². The third kappa shape index (κ3) is 5.48. The van der Waals surface area contributed by atoms with Gasteiger partial charge in [0.1, 0.15) is 0 Å². The zero-order valence-electron chi connectivity index (χ0n) is 19.0. The molecule has 0 unspecified atom stereocenters. The number of hydrogen-bond donors (Lipinski definition) is 0. The molecule has 0 bridgehead atoms. The van der Waals surface area contributed by atoms with Crippen molar-refractivity contribution in [2.24, 2.45) is 5.92 Å². The van der Waals surface area contributed by atoms with Crippen molar-refractivity contribution < 1.29 is 9.59 Å². The van der Waals surface area contributed by atoms with Gasteiger partial charge in [-0.15, -0.1) is 0 Å². The number of amides is 2. The molecule has 0 radical (unpaired) electrons. The fraction of sp³-hybridized carbons (Fsp3) is 0.429. The Labute approximate surface area is 191 Å². The Morgan fingerprint density at radius 1 is 0.844 bits per heavy atom. The molecule has 1 aliphatic carbocycles. The van der Waals surface area contributed by atoms with Crippen LogP contribution in [0.5, 0.6) is 0 Å². The molecular weight excluding hydrogens is 396 g/mol. The van der Waals surface area contributed by atoms with Crippen LogP contribution in [0.1, 0.15) is 55.6 Å². The summed E-state index contributed by atoms with van der Waals surface area (Å²) in [5.41, 5.74) is 2.45. The first-order chi connectivity index (χ1) is 15.6. The average Bonchev–Trinajstić information content (AvgIpc) is 2.88. The number of hydrogen-bond acceptors (Lipinski definition) is 2. The maximum Gasteiger partial charge on any atom is 0.246 e. The number of nitrogens with zero attached hydrogens (tertiary/aromatic N) is 2. The highest BCUT2D eigenvalue weighted by Gasteiger charge is 2.33. The van der Waals surface area contributed by atoms with Gasteiger partial charge in [-0.3, -0.25) is 9.59 Å². The summed E-state index contributed by atoms with van der Waals surface area (Å²) in [5, 5.41) is 0. The van der Waals surface area contributed by atoms with Crippen LogP contribution in [0.2, 0.25) is 0 Å². The summed E-state index contributed by atoms with van der Waals surface area (Å²) in [5.74, 6) is 0.954. The fourth-order valence-corrected chi connectivity index (χ4v) is 5.17. The van der Waals surface area contributed by atoms with E-state index in [1.54, 1.807) is 6.08 Å². The molecule has 2 aromatic carbocycles. The minimum atomic E-state index is 0.0346. The molecule has 4 nitrogen and oxygen atoms in total. The second kappa shape index (κ2) is 10.6. The maximum absolute atomic E-state index is 13.1. The molecule has 0 aromatic heterocycles. The monoisotopic (exact) mass is 430 g/mol. The highest BCUT2D eigenvalue weighted by molar-refractivity contribution is 5.92. The Morgan fingerprint density at radius 2 is 1.44 bits per heavy atom. The predicted molar refractivity (Wildman–Crippen MR) is 129 cm³/mol. The molecule has 4 heteroatoms. The van der Waals surface area contributed by atoms with Crippen molar-refractivity contribution in [2.75, 3.05) is 20.1 Å². The molecule has 168 valence electrons. The summed E-state index contributed by atoms with van der Waals surface area (Å²) in [6.45, 7) is 1.31. The molecule has 1 heterocycles. The zero-order chi connectivity index (χ0) is 22.3. The summed E-state index contributed by atoms with van der Waals surface area (Å²) in [4.78, 5) is 29.5. The van der Waals surface area contributed by atoms with Gasteiger partial charge in [-0.1, -0.05) is 60.7 Å². The Hall–Kier alpha value is -2.88. The van der Waals surface area contributed by atoms with Crippen LogP contribution in [0.15, 0.2) is 66.7 Å². The summed E-state index contributed by atoms with van der Waals surface area (Å²) in [7, 11) is 1.98. The van der Waals surface area contributed by atoms with Gasteiger partial charge in [0.05, 0.1) is 0 Å². The van der Waals surface area contributed by atoms with E-state index < -0.39 is 0 Å². The molecule has 32 heavy (non-hydrogen) atoms. The Balaban J connectivity index is 1.23. The van der Waals surface area contributed by atoms with Gasteiger partial charge in [0, 0.05) is 38.2 Å². The third-order valence-electron chi connectivity index (χ3n) is 7.24. The number of benzene rings is 2. The molecule has 2 aromatic rings. The zero-order valence-corrected chi connectivity index (χ0v) is 19.0. The van der Waals surface area contributed by atoms with Crippen LogP contribution in [0.3, 0.4) is 0 Å². The van der Waals surface area contributed by atoms with Crippen molar-refractivity contribution in [1.29, 1.82) is 0 Å². The molecule has 1 saturated heterocycles. The molecule has 0 atom stereocenters. The van der Waals surface area contributed by atoms with Gasteiger partial charge in [-0.2, -0.15) is 0 Å². The number of carbonyl (C=O) groups excluding carboxylic acids is 2. The van der Waals surface area contributed by atoms with Gasteiger partial charge in [-0.05, 0) is 61.6 Å². The van der Waals surface area contributed by atoms with Crippen LogP contribution < -0.4 is 0 Å². The SMILES string of the molecule is CN(C(=O)C1CCN(C(=O)/C=C/c2ccccc2)CC1)C1CCC(c2ccccc2)CC1. The first-order valence-electron chi connectivity index (χ1n) is 12.0. The number of likely N-dealkylation sites (tertiary alicyclic amines) is 1. The van der Waals surface area contributed by atoms with Gasteiger partial charge in [0.15, 0.2) is 0 Å².